The Hall–Kier alpha value is -2.82. The van der Waals surface area contributed by atoms with Crippen LogP contribution in [-0.2, 0) is 9.53 Å². The minimum Gasteiger partial charge on any atom is -0.507 e. The second-order valence-electron chi connectivity index (χ2n) is 9.93. The third-order valence-electron chi connectivity index (χ3n) is 5.66. The van der Waals surface area contributed by atoms with Crippen LogP contribution in [0, 0.1) is 16.7 Å². The van der Waals surface area contributed by atoms with Crippen LogP contribution in [-0.4, -0.2) is 28.1 Å². The molecule has 0 fully saturated rings. The first-order chi connectivity index (χ1) is 14.2. The standard InChI is InChI=1S/C26H34O5/c1-15(2)31-24(30)21-16(3)18(26(7,8)23(22(21)29)25(4,5)6)13-14-20(28)17-11-9-10-12-19(17)27/h9-15,18,27,29H,1-8H3. The van der Waals surface area contributed by atoms with E-state index < -0.39 is 16.8 Å². The van der Waals surface area contributed by atoms with E-state index in [0.29, 0.717) is 5.57 Å². The van der Waals surface area contributed by atoms with Crippen LogP contribution in [0.5, 0.6) is 5.75 Å². The van der Waals surface area contributed by atoms with Crippen LogP contribution < -0.4 is 0 Å². The molecule has 31 heavy (non-hydrogen) atoms. The second-order valence-corrected chi connectivity index (χ2v) is 9.93. The molecule has 168 valence electrons. The van der Waals surface area contributed by atoms with Crippen molar-refractivity contribution in [3.8, 4) is 5.75 Å². The minimum absolute atomic E-state index is 0.0441. The third-order valence-corrected chi connectivity index (χ3v) is 5.66. The monoisotopic (exact) mass is 426 g/mol. The summed E-state index contributed by atoms with van der Waals surface area (Å²) in [7, 11) is 0. The largest absolute Gasteiger partial charge is 0.507 e. The zero-order valence-corrected chi connectivity index (χ0v) is 19.7. The predicted octanol–water partition coefficient (Wildman–Crippen LogP) is 5.91. The quantitative estimate of drug-likeness (QED) is 0.347. The van der Waals surface area contributed by atoms with Crippen molar-refractivity contribution in [2.75, 3.05) is 0 Å². The molecule has 0 radical (unpaired) electrons. The van der Waals surface area contributed by atoms with Gasteiger partial charge in [-0.3, -0.25) is 4.79 Å². The fourth-order valence-corrected chi connectivity index (χ4v) is 4.66. The number of ether oxygens (including phenoxy) is 1. The van der Waals surface area contributed by atoms with E-state index in [-0.39, 0.29) is 40.5 Å². The minimum atomic E-state index is -0.576. The molecule has 1 unspecified atom stereocenters. The average Bonchev–Trinajstić information content (AvgIpc) is 2.58. The number of hydrogen-bond donors (Lipinski definition) is 2. The fraction of sp³-hybridized carbons (Fsp3) is 0.462. The third kappa shape index (κ3) is 4.92. The molecule has 0 saturated heterocycles. The van der Waals surface area contributed by atoms with Crippen molar-refractivity contribution in [3.63, 3.8) is 0 Å². The maximum atomic E-state index is 12.9. The average molecular weight is 427 g/mol. The molecule has 1 aromatic carbocycles. The van der Waals surface area contributed by atoms with Crippen molar-refractivity contribution < 1.29 is 24.5 Å². The molecule has 1 aromatic rings. The molecule has 5 heteroatoms. The molecular weight excluding hydrogens is 392 g/mol. The van der Waals surface area contributed by atoms with Gasteiger partial charge in [0, 0.05) is 11.3 Å². The van der Waals surface area contributed by atoms with Crippen LogP contribution in [0.1, 0.15) is 65.7 Å². The Morgan fingerprint density at radius 3 is 2.23 bits per heavy atom. The van der Waals surface area contributed by atoms with E-state index >= 15 is 0 Å². The van der Waals surface area contributed by atoms with Crippen molar-refractivity contribution >= 4 is 11.8 Å². The molecule has 1 aliphatic carbocycles. The lowest BCUT2D eigenvalue weighted by molar-refractivity contribution is -0.142. The highest BCUT2D eigenvalue weighted by molar-refractivity contribution is 6.06. The van der Waals surface area contributed by atoms with E-state index in [0.717, 1.165) is 5.57 Å². The van der Waals surface area contributed by atoms with Gasteiger partial charge in [0.1, 0.15) is 17.1 Å². The Labute approximate surface area is 185 Å². The molecule has 5 nitrogen and oxygen atoms in total. The number of aliphatic hydroxyl groups excluding tert-OH is 1. The lowest BCUT2D eigenvalue weighted by atomic mass is 9.58. The van der Waals surface area contributed by atoms with Gasteiger partial charge >= 0.3 is 5.97 Å². The van der Waals surface area contributed by atoms with Gasteiger partial charge in [-0.1, -0.05) is 52.8 Å². The SMILES string of the molecule is CC1=C(C(=O)OC(C)C)C(O)=C(C(C)(C)C)C(C)(C)C1C=CC(=O)c1ccccc1O. The topological polar surface area (TPSA) is 83.8 Å². The number of carbonyl (C=O) groups excluding carboxylic acids is 2. The highest BCUT2D eigenvalue weighted by Crippen LogP contribution is 2.53. The van der Waals surface area contributed by atoms with Crippen molar-refractivity contribution in [2.45, 2.75) is 61.5 Å². The van der Waals surface area contributed by atoms with E-state index in [1.165, 1.54) is 12.1 Å². The Kier molecular flexibility index (Phi) is 6.89. The Morgan fingerprint density at radius 2 is 1.71 bits per heavy atom. The smallest absolute Gasteiger partial charge is 0.342 e. The first-order valence-corrected chi connectivity index (χ1v) is 10.6. The fourth-order valence-electron chi connectivity index (χ4n) is 4.66. The van der Waals surface area contributed by atoms with Gasteiger partial charge in [-0.15, -0.1) is 0 Å². The lowest BCUT2D eigenvalue weighted by Crippen LogP contribution is -2.38. The molecule has 1 atom stereocenters. The summed E-state index contributed by atoms with van der Waals surface area (Å²) in [5.41, 5.74) is 0.744. The van der Waals surface area contributed by atoms with E-state index in [2.05, 4.69) is 0 Å². The molecule has 2 N–H and O–H groups in total. The number of aliphatic hydroxyl groups is 1. The van der Waals surface area contributed by atoms with E-state index in [9.17, 15) is 19.8 Å². The number of benzene rings is 1. The summed E-state index contributed by atoms with van der Waals surface area (Å²) in [4.78, 5) is 25.6. The van der Waals surface area contributed by atoms with Crippen molar-refractivity contribution in [2.24, 2.45) is 16.7 Å². The number of ketones is 1. The highest BCUT2D eigenvalue weighted by atomic mass is 16.5. The molecular formula is C26H34O5. The van der Waals surface area contributed by atoms with Gasteiger partial charge < -0.3 is 14.9 Å². The molecule has 0 aliphatic heterocycles. The lowest BCUT2D eigenvalue weighted by Gasteiger charge is -2.45. The Bertz CT molecular complexity index is 968. The molecule has 0 amide bonds. The number of carbonyl (C=O) groups is 2. The van der Waals surface area contributed by atoms with Crippen LogP contribution in [0.15, 0.2) is 58.9 Å². The maximum Gasteiger partial charge on any atom is 0.342 e. The highest BCUT2D eigenvalue weighted by Gasteiger charge is 2.46. The van der Waals surface area contributed by atoms with Crippen LogP contribution in [0.2, 0.25) is 0 Å². The van der Waals surface area contributed by atoms with Gasteiger partial charge in [-0.25, -0.2) is 4.79 Å². The maximum absolute atomic E-state index is 12.9. The summed E-state index contributed by atoms with van der Waals surface area (Å²) in [6.45, 7) is 15.3. The second kappa shape index (κ2) is 8.74. The molecule has 0 bridgehead atoms. The van der Waals surface area contributed by atoms with Gasteiger partial charge in [-0.2, -0.15) is 0 Å². The van der Waals surface area contributed by atoms with E-state index in [1.807, 2.05) is 34.6 Å². The number of allylic oxidation sites excluding steroid dienone is 4. The molecule has 2 rings (SSSR count). The van der Waals surface area contributed by atoms with Crippen molar-refractivity contribution in [1.29, 1.82) is 0 Å². The van der Waals surface area contributed by atoms with Gasteiger partial charge in [0.2, 0.25) is 0 Å². The Morgan fingerprint density at radius 1 is 1.13 bits per heavy atom. The number of para-hydroxylation sites is 1. The number of rotatable bonds is 5. The van der Waals surface area contributed by atoms with Crippen LogP contribution >= 0.6 is 0 Å². The normalized spacial score (nSPS) is 19.3. The number of aromatic hydroxyl groups is 1. The van der Waals surface area contributed by atoms with Gasteiger partial charge in [-0.05, 0) is 55.5 Å². The number of phenolic OH excluding ortho intramolecular Hbond substituents is 1. The number of hydrogen-bond acceptors (Lipinski definition) is 5. The summed E-state index contributed by atoms with van der Waals surface area (Å²) >= 11 is 0. The summed E-state index contributed by atoms with van der Waals surface area (Å²) in [5.74, 6) is -1.36. The Balaban J connectivity index is 2.62. The van der Waals surface area contributed by atoms with Gasteiger partial charge in [0.05, 0.1) is 11.7 Å². The molecule has 0 aromatic heterocycles. The molecule has 0 saturated carbocycles. The van der Waals surface area contributed by atoms with Crippen LogP contribution in [0.4, 0.5) is 0 Å². The number of phenols is 1. The van der Waals surface area contributed by atoms with Crippen LogP contribution in [0.3, 0.4) is 0 Å². The molecule has 1 aliphatic rings. The van der Waals surface area contributed by atoms with Crippen molar-refractivity contribution in [3.05, 3.63) is 64.5 Å². The summed E-state index contributed by atoms with van der Waals surface area (Å²) in [6, 6.07) is 6.38. The van der Waals surface area contributed by atoms with Gasteiger partial charge in [0.25, 0.3) is 0 Å². The van der Waals surface area contributed by atoms with E-state index in [4.69, 9.17) is 4.74 Å². The summed E-state index contributed by atoms with van der Waals surface area (Å²) in [5, 5.41) is 21.1. The zero-order chi connectivity index (χ0) is 23.7. The van der Waals surface area contributed by atoms with Crippen LogP contribution in [0.25, 0.3) is 0 Å². The zero-order valence-electron chi connectivity index (χ0n) is 19.7. The predicted molar refractivity (Wildman–Crippen MR) is 122 cm³/mol. The summed E-state index contributed by atoms with van der Waals surface area (Å²) < 4.78 is 5.40. The number of esters is 1. The van der Waals surface area contributed by atoms with E-state index in [1.54, 1.807) is 45.0 Å². The van der Waals surface area contributed by atoms with Gasteiger partial charge in [0.15, 0.2) is 5.78 Å². The summed E-state index contributed by atoms with van der Waals surface area (Å²) in [6.07, 6.45) is 2.86. The first-order valence-electron chi connectivity index (χ1n) is 10.6. The first kappa shape index (κ1) is 24.4. The molecule has 0 heterocycles. The van der Waals surface area contributed by atoms with Crippen molar-refractivity contribution in [1.82, 2.24) is 0 Å². The molecule has 0 spiro atoms.